The van der Waals surface area contributed by atoms with E-state index in [-0.39, 0.29) is 17.8 Å². The van der Waals surface area contributed by atoms with Gasteiger partial charge in [0.1, 0.15) is 11.5 Å². The number of hydrogen-bond donors (Lipinski definition) is 2. The number of benzene rings is 1. The highest BCUT2D eigenvalue weighted by molar-refractivity contribution is 5.99. The Bertz CT molecular complexity index is 692. The maximum atomic E-state index is 13.9. The topological polar surface area (TPSA) is 62.1 Å². The van der Waals surface area contributed by atoms with Gasteiger partial charge < -0.3 is 15.6 Å². The summed E-state index contributed by atoms with van der Waals surface area (Å²) in [5.41, 5.74) is 8.17. The maximum absolute atomic E-state index is 13.9. The number of aryl methyl sites for hydroxylation is 2. The molecule has 106 valence electrons. The van der Waals surface area contributed by atoms with Crippen LogP contribution >= 0.6 is 0 Å². The van der Waals surface area contributed by atoms with Gasteiger partial charge in [0.05, 0.1) is 5.52 Å². The molecule has 1 atom stereocenters. The zero-order chi connectivity index (χ0) is 14.4. The van der Waals surface area contributed by atoms with Crippen LogP contribution in [-0.4, -0.2) is 34.9 Å². The van der Waals surface area contributed by atoms with Crippen LogP contribution in [0, 0.1) is 19.7 Å². The Hall–Kier alpha value is -1.88. The van der Waals surface area contributed by atoms with Crippen molar-refractivity contribution < 1.29 is 9.18 Å². The molecule has 0 radical (unpaired) electrons. The highest BCUT2D eigenvalue weighted by atomic mass is 19.1. The number of fused-ring (bicyclic) bond motifs is 1. The number of H-pyrrole nitrogens is 1. The first-order valence-corrected chi connectivity index (χ1v) is 6.80. The summed E-state index contributed by atoms with van der Waals surface area (Å²) in [5, 5.41) is 0.869. The van der Waals surface area contributed by atoms with E-state index in [4.69, 9.17) is 5.73 Å². The fourth-order valence-electron chi connectivity index (χ4n) is 2.85. The highest BCUT2D eigenvalue weighted by Gasteiger charge is 2.25. The minimum Gasteiger partial charge on any atom is -0.350 e. The highest BCUT2D eigenvalue weighted by Crippen LogP contribution is 2.25. The van der Waals surface area contributed by atoms with Gasteiger partial charge in [0.25, 0.3) is 5.91 Å². The third kappa shape index (κ3) is 1.98. The molecule has 0 aliphatic carbocycles. The molecular weight excluding hydrogens is 257 g/mol. The standard InChI is InChI=1S/C15H18FN3O/c1-8-5-10-6-12(18-14(10)9(2)13(8)16)15(20)19-4-3-11(17)7-19/h5-6,11,18H,3-4,7,17H2,1-2H3/t11-/m1/s1. The van der Waals surface area contributed by atoms with E-state index in [0.29, 0.717) is 35.4 Å². The summed E-state index contributed by atoms with van der Waals surface area (Å²) in [4.78, 5) is 17.2. The smallest absolute Gasteiger partial charge is 0.270 e. The largest absolute Gasteiger partial charge is 0.350 e. The monoisotopic (exact) mass is 275 g/mol. The zero-order valence-electron chi connectivity index (χ0n) is 11.7. The maximum Gasteiger partial charge on any atom is 0.270 e. The van der Waals surface area contributed by atoms with Crippen molar-refractivity contribution in [1.29, 1.82) is 0 Å². The summed E-state index contributed by atoms with van der Waals surface area (Å²) < 4.78 is 13.9. The molecule has 20 heavy (non-hydrogen) atoms. The minimum atomic E-state index is -0.221. The van der Waals surface area contributed by atoms with Gasteiger partial charge in [-0.05, 0) is 38.0 Å². The number of nitrogens with two attached hydrogens (primary N) is 1. The van der Waals surface area contributed by atoms with Crippen LogP contribution in [0.15, 0.2) is 12.1 Å². The summed E-state index contributed by atoms with van der Waals surface area (Å²) in [6.45, 7) is 4.72. The first-order valence-electron chi connectivity index (χ1n) is 6.80. The zero-order valence-corrected chi connectivity index (χ0v) is 11.7. The van der Waals surface area contributed by atoms with Crippen LogP contribution in [0.2, 0.25) is 0 Å². The summed E-state index contributed by atoms with van der Waals surface area (Å²) in [7, 11) is 0. The van der Waals surface area contributed by atoms with E-state index in [9.17, 15) is 9.18 Å². The van der Waals surface area contributed by atoms with Crippen molar-refractivity contribution >= 4 is 16.8 Å². The van der Waals surface area contributed by atoms with E-state index in [1.165, 1.54) is 0 Å². The molecule has 1 amide bonds. The number of nitrogens with zero attached hydrogens (tertiary/aromatic N) is 1. The van der Waals surface area contributed by atoms with Crippen LogP contribution in [0.4, 0.5) is 4.39 Å². The predicted molar refractivity (Wildman–Crippen MR) is 76.2 cm³/mol. The van der Waals surface area contributed by atoms with Gasteiger partial charge in [-0.3, -0.25) is 4.79 Å². The van der Waals surface area contributed by atoms with Crippen molar-refractivity contribution in [2.75, 3.05) is 13.1 Å². The fraction of sp³-hybridized carbons (Fsp3) is 0.400. The number of nitrogens with one attached hydrogen (secondary N) is 1. The van der Waals surface area contributed by atoms with Crippen molar-refractivity contribution in [3.05, 3.63) is 34.8 Å². The molecule has 3 rings (SSSR count). The van der Waals surface area contributed by atoms with Crippen LogP contribution in [-0.2, 0) is 0 Å². The van der Waals surface area contributed by atoms with E-state index in [2.05, 4.69) is 4.98 Å². The fourth-order valence-corrected chi connectivity index (χ4v) is 2.85. The van der Waals surface area contributed by atoms with E-state index in [0.717, 1.165) is 11.8 Å². The Morgan fingerprint density at radius 2 is 2.20 bits per heavy atom. The van der Waals surface area contributed by atoms with Gasteiger partial charge in [0.15, 0.2) is 0 Å². The molecule has 2 aromatic rings. The predicted octanol–water partition coefficient (Wildman–Crippen LogP) is 2.10. The molecule has 3 N–H and O–H groups in total. The van der Waals surface area contributed by atoms with Crippen LogP contribution in [0.3, 0.4) is 0 Å². The lowest BCUT2D eigenvalue weighted by Gasteiger charge is -2.14. The van der Waals surface area contributed by atoms with Gasteiger partial charge in [-0.15, -0.1) is 0 Å². The van der Waals surface area contributed by atoms with Crippen molar-refractivity contribution in [1.82, 2.24) is 9.88 Å². The molecule has 0 saturated carbocycles. The molecule has 5 heteroatoms. The second kappa shape index (κ2) is 4.59. The number of likely N-dealkylation sites (tertiary alicyclic amines) is 1. The van der Waals surface area contributed by atoms with Gasteiger partial charge in [0, 0.05) is 30.1 Å². The average molecular weight is 275 g/mol. The van der Waals surface area contributed by atoms with Crippen molar-refractivity contribution in [3.8, 4) is 0 Å². The quantitative estimate of drug-likeness (QED) is 0.837. The first kappa shape index (κ1) is 13.1. The lowest BCUT2D eigenvalue weighted by atomic mass is 10.1. The molecule has 0 spiro atoms. The number of aromatic nitrogens is 1. The van der Waals surface area contributed by atoms with E-state index >= 15 is 0 Å². The summed E-state index contributed by atoms with van der Waals surface area (Å²) in [6.07, 6.45) is 0.832. The van der Waals surface area contributed by atoms with Crippen LogP contribution < -0.4 is 5.73 Å². The molecule has 1 aliphatic heterocycles. The van der Waals surface area contributed by atoms with E-state index in [1.54, 1.807) is 30.9 Å². The second-order valence-electron chi connectivity index (χ2n) is 5.58. The van der Waals surface area contributed by atoms with Crippen molar-refractivity contribution in [2.45, 2.75) is 26.3 Å². The molecule has 1 aromatic carbocycles. The number of aromatic amines is 1. The van der Waals surface area contributed by atoms with Crippen LogP contribution in [0.5, 0.6) is 0 Å². The normalized spacial score (nSPS) is 19.0. The first-order chi connectivity index (χ1) is 9.47. The Labute approximate surface area is 116 Å². The Balaban J connectivity index is 2.01. The van der Waals surface area contributed by atoms with Gasteiger partial charge in [-0.1, -0.05) is 0 Å². The molecule has 2 heterocycles. The van der Waals surface area contributed by atoms with Crippen molar-refractivity contribution in [2.24, 2.45) is 5.73 Å². The van der Waals surface area contributed by atoms with Gasteiger partial charge in [-0.2, -0.15) is 0 Å². The van der Waals surface area contributed by atoms with Crippen LogP contribution in [0.1, 0.15) is 28.0 Å². The Morgan fingerprint density at radius 3 is 2.85 bits per heavy atom. The third-order valence-corrected chi connectivity index (χ3v) is 4.01. The number of halogens is 1. The molecular formula is C15H18FN3O. The molecule has 1 aromatic heterocycles. The third-order valence-electron chi connectivity index (χ3n) is 4.01. The SMILES string of the molecule is Cc1cc2cc(C(=O)N3CC[C@@H](N)C3)[nH]c2c(C)c1F. The molecule has 4 nitrogen and oxygen atoms in total. The summed E-state index contributed by atoms with van der Waals surface area (Å²) in [5.74, 6) is -0.284. The minimum absolute atomic E-state index is 0.0600. The molecule has 1 fully saturated rings. The number of hydrogen-bond acceptors (Lipinski definition) is 2. The van der Waals surface area contributed by atoms with Gasteiger partial charge >= 0.3 is 0 Å². The van der Waals surface area contributed by atoms with Gasteiger partial charge in [0.2, 0.25) is 0 Å². The average Bonchev–Trinajstić information content (AvgIpc) is 3.02. The summed E-state index contributed by atoms with van der Waals surface area (Å²) >= 11 is 0. The van der Waals surface area contributed by atoms with E-state index < -0.39 is 0 Å². The van der Waals surface area contributed by atoms with Gasteiger partial charge in [-0.25, -0.2) is 4.39 Å². The molecule has 1 aliphatic rings. The molecule has 1 saturated heterocycles. The Morgan fingerprint density at radius 1 is 1.45 bits per heavy atom. The summed E-state index contributed by atoms with van der Waals surface area (Å²) in [6, 6.07) is 3.62. The number of rotatable bonds is 1. The molecule has 0 bridgehead atoms. The lowest BCUT2D eigenvalue weighted by molar-refractivity contribution is 0.0786. The lowest BCUT2D eigenvalue weighted by Crippen LogP contribution is -2.32. The number of carbonyl (C=O) groups excluding carboxylic acids is 1. The number of carbonyl (C=O) groups is 1. The van der Waals surface area contributed by atoms with E-state index in [1.807, 2.05) is 0 Å². The second-order valence-corrected chi connectivity index (χ2v) is 5.58. The van der Waals surface area contributed by atoms with Crippen molar-refractivity contribution in [3.63, 3.8) is 0 Å². The molecule has 0 unspecified atom stereocenters. The number of amides is 1. The van der Waals surface area contributed by atoms with Crippen LogP contribution in [0.25, 0.3) is 10.9 Å². The Kier molecular flexibility index (Phi) is 3.01.